The van der Waals surface area contributed by atoms with Gasteiger partial charge in [0.05, 0.1) is 11.4 Å². The molecule has 142 valence electrons. The Morgan fingerprint density at radius 1 is 1.04 bits per heavy atom. The molecule has 0 unspecified atom stereocenters. The van der Waals surface area contributed by atoms with Gasteiger partial charge in [-0.3, -0.25) is 9.59 Å². The molecule has 6 nitrogen and oxygen atoms in total. The Morgan fingerprint density at radius 3 is 2.19 bits per heavy atom. The maximum atomic E-state index is 13.2. The minimum Gasteiger partial charge on any atom is -0.346 e. The van der Waals surface area contributed by atoms with Gasteiger partial charge < -0.3 is 10.2 Å². The van der Waals surface area contributed by atoms with Gasteiger partial charge in [0.15, 0.2) is 14.6 Å². The van der Waals surface area contributed by atoms with E-state index in [-0.39, 0.29) is 30.2 Å². The molecule has 0 aromatic heterocycles. The number of hydrogen-bond acceptors (Lipinski definition) is 4. The molecular formula is C18H23ClN2O4S. The monoisotopic (exact) mass is 398 g/mol. The van der Waals surface area contributed by atoms with E-state index in [1.807, 2.05) is 0 Å². The number of likely N-dealkylation sites (tertiary alicyclic amines) is 1. The summed E-state index contributed by atoms with van der Waals surface area (Å²) in [6.45, 7) is 1.24. The van der Waals surface area contributed by atoms with Gasteiger partial charge in [-0.15, -0.1) is 0 Å². The van der Waals surface area contributed by atoms with Crippen LogP contribution in [0.2, 0.25) is 5.02 Å². The third-order valence-corrected chi connectivity index (χ3v) is 8.09. The summed E-state index contributed by atoms with van der Waals surface area (Å²) in [6, 6.07) is 5.87. The molecule has 2 amide bonds. The maximum absolute atomic E-state index is 13.2. The second kappa shape index (κ2) is 7.56. The first-order valence-corrected chi connectivity index (χ1v) is 10.8. The molecule has 1 saturated heterocycles. The van der Waals surface area contributed by atoms with Gasteiger partial charge in [-0.25, -0.2) is 8.42 Å². The summed E-state index contributed by atoms with van der Waals surface area (Å²) in [4.78, 5) is 26.9. The Labute approximate surface area is 158 Å². The van der Waals surface area contributed by atoms with Crippen LogP contribution in [0.15, 0.2) is 29.2 Å². The standard InChI is InChI=1S/C18H23ClN2O4S/c19-14-5-7-15(8-6-14)26(24,25)18(9-1-2-10-18)17(23)20-13-16(22)21-11-3-4-12-21/h5-8H,1-4,9-13H2,(H,20,23). The SMILES string of the molecule is O=C(CNC(=O)C1(S(=O)(=O)c2ccc(Cl)cc2)CCCC1)N1CCCC1. The van der Waals surface area contributed by atoms with Crippen molar-refractivity contribution in [1.82, 2.24) is 10.2 Å². The summed E-state index contributed by atoms with van der Waals surface area (Å²) in [7, 11) is -3.88. The van der Waals surface area contributed by atoms with Crippen molar-refractivity contribution in [1.29, 1.82) is 0 Å². The number of rotatable bonds is 5. The van der Waals surface area contributed by atoms with E-state index in [9.17, 15) is 18.0 Å². The third kappa shape index (κ3) is 3.47. The number of amides is 2. The molecule has 0 spiro atoms. The lowest BCUT2D eigenvalue weighted by molar-refractivity contribution is -0.132. The van der Waals surface area contributed by atoms with Gasteiger partial charge >= 0.3 is 0 Å². The molecule has 26 heavy (non-hydrogen) atoms. The minimum absolute atomic E-state index is 0.0878. The highest BCUT2D eigenvalue weighted by atomic mass is 35.5. The molecule has 0 radical (unpaired) electrons. The van der Waals surface area contributed by atoms with Crippen LogP contribution in [0, 0.1) is 0 Å². The molecule has 1 aliphatic heterocycles. The van der Waals surface area contributed by atoms with E-state index >= 15 is 0 Å². The number of halogens is 1. The number of carbonyl (C=O) groups excluding carboxylic acids is 2. The zero-order valence-corrected chi connectivity index (χ0v) is 16.1. The van der Waals surface area contributed by atoms with Crippen LogP contribution in [-0.4, -0.2) is 49.5 Å². The summed E-state index contributed by atoms with van der Waals surface area (Å²) in [5, 5.41) is 3.03. The van der Waals surface area contributed by atoms with Gasteiger partial charge in [0.25, 0.3) is 0 Å². The van der Waals surface area contributed by atoms with Crippen LogP contribution >= 0.6 is 11.6 Å². The van der Waals surface area contributed by atoms with Gasteiger partial charge in [0, 0.05) is 18.1 Å². The Morgan fingerprint density at radius 2 is 1.62 bits per heavy atom. The molecule has 0 bridgehead atoms. The molecule has 1 N–H and O–H groups in total. The smallest absolute Gasteiger partial charge is 0.242 e. The molecule has 1 heterocycles. The molecule has 0 atom stereocenters. The predicted octanol–water partition coefficient (Wildman–Crippen LogP) is 2.17. The van der Waals surface area contributed by atoms with Crippen LogP contribution in [0.3, 0.4) is 0 Å². The number of sulfone groups is 1. The largest absolute Gasteiger partial charge is 0.346 e. The number of hydrogen-bond donors (Lipinski definition) is 1. The van der Waals surface area contributed by atoms with Crippen molar-refractivity contribution < 1.29 is 18.0 Å². The van der Waals surface area contributed by atoms with Crippen molar-refractivity contribution in [3.05, 3.63) is 29.3 Å². The molecule has 1 aromatic rings. The zero-order chi connectivity index (χ0) is 18.8. The van der Waals surface area contributed by atoms with Crippen molar-refractivity contribution in [2.45, 2.75) is 48.2 Å². The molecule has 1 saturated carbocycles. The second-order valence-electron chi connectivity index (χ2n) is 6.93. The highest BCUT2D eigenvalue weighted by Crippen LogP contribution is 2.41. The van der Waals surface area contributed by atoms with E-state index in [2.05, 4.69) is 5.32 Å². The molecule has 2 fully saturated rings. The summed E-state index contributed by atoms with van der Waals surface area (Å²) in [6.07, 6.45) is 3.80. The number of benzene rings is 1. The minimum atomic E-state index is -3.88. The first kappa shape index (κ1) is 19.2. The van der Waals surface area contributed by atoms with E-state index in [0.717, 1.165) is 12.8 Å². The number of nitrogens with one attached hydrogen (secondary N) is 1. The zero-order valence-electron chi connectivity index (χ0n) is 14.5. The van der Waals surface area contributed by atoms with Crippen molar-refractivity contribution in [3.63, 3.8) is 0 Å². The van der Waals surface area contributed by atoms with Crippen molar-refractivity contribution in [3.8, 4) is 0 Å². The second-order valence-corrected chi connectivity index (χ2v) is 9.63. The molecular weight excluding hydrogens is 376 g/mol. The van der Waals surface area contributed by atoms with Gasteiger partial charge in [-0.2, -0.15) is 0 Å². The van der Waals surface area contributed by atoms with Crippen molar-refractivity contribution in [2.24, 2.45) is 0 Å². The molecule has 1 aromatic carbocycles. The van der Waals surface area contributed by atoms with Crippen LogP contribution < -0.4 is 5.32 Å². The summed E-state index contributed by atoms with van der Waals surface area (Å²) >= 11 is 5.85. The van der Waals surface area contributed by atoms with E-state index in [1.165, 1.54) is 24.3 Å². The van der Waals surface area contributed by atoms with Crippen LogP contribution in [-0.2, 0) is 19.4 Å². The van der Waals surface area contributed by atoms with E-state index in [4.69, 9.17) is 11.6 Å². The van der Waals surface area contributed by atoms with E-state index < -0.39 is 20.5 Å². The number of nitrogens with zero attached hydrogens (tertiary/aromatic N) is 1. The highest BCUT2D eigenvalue weighted by molar-refractivity contribution is 7.93. The van der Waals surface area contributed by atoms with Crippen LogP contribution in [0.4, 0.5) is 0 Å². The van der Waals surface area contributed by atoms with E-state index in [0.29, 0.717) is 31.0 Å². The number of carbonyl (C=O) groups is 2. The lowest BCUT2D eigenvalue weighted by atomic mass is 10.1. The Kier molecular flexibility index (Phi) is 5.58. The average Bonchev–Trinajstić information content (AvgIpc) is 3.32. The first-order chi connectivity index (χ1) is 12.4. The molecule has 3 rings (SSSR count). The normalized spacial score (nSPS) is 19.5. The average molecular weight is 399 g/mol. The molecule has 1 aliphatic carbocycles. The van der Waals surface area contributed by atoms with Crippen LogP contribution in [0.5, 0.6) is 0 Å². The predicted molar refractivity (Wildman–Crippen MR) is 98.7 cm³/mol. The Hall–Kier alpha value is -1.60. The first-order valence-electron chi connectivity index (χ1n) is 8.93. The van der Waals surface area contributed by atoms with E-state index in [1.54, 1.807) is 4.90 Å². The van der Waals surface area contributed by atoms with Gasteiger partial charge in [0.1, 0.15) is 0 Å². The Bertz CT molecular complexity index is 780. The third-order valence-electron chi connectivity index (χ3n) is 5.32. The summed E-state index contributed by atoms with van der Waals surface area (Å²) < 4.78 is 24.9. The van der Waals surface area contributed by atoms with Gasteiger partial charge in [0.2, 0.25) is 11.8 Å². The summed E-state index contributed by atoms with van der Waals surface area (Å²) in [5.74, 6) is -0.731. The lowest BCUT2D eigenvalue weighted by Crippen LogP contribution is -2.52. The van der Waals surface area contributed by atoms with Gasteiger partial charge in [-0.1, -0.05) is 24.4 Å². The fourth-order valence-electron chi connectivity index (χ4n) is 3.80. The van der Waals surface area contributed by atoms with Gasteiger partial charge in [-0.05, 0) is 49.9 Å². The lowest BCUT2D eigenvalue weighted by Gasteiger charge is -2.28. The van der Waals surface area contributed by atoms with Crippen molar-refractivity contribution in [2.75, 3.05) is 19.6 Å². The topological polar surface area (TPSA) is 83.5 Å². The maximum Gasteiger partial charge on any atom is 0.242 e. The fourth-order valence-corrected chi connectivity index (χ4v) is 6.01. The summed E-state index contributed by atoms with van der Waals surface area (Å²) in [5.41, 5.74) is 0. The van der Waals surface area contributed by atoms with Crippen LogP contribution in [0.1, 0.15) is 38.5 Å². The Balaban J connectivity index is 1.79. The quantitative estimate of drug-likeness (QED) is 0.823. The van der Waals surface area contributed by atoms with Crippen molar-refractivity contribution >= 4 is 33.3 Å². The molecule has 2 aliphatic rings. The van der Waals surface area contributed by atoms with Crippen LogP contribution in [0.25, 0.3) is 0 Å². The fraction of sp³-hybridized carbons (Fsp3) is 0.556. The highest BCUT2D eigenvalue weighted by Gasteiger charge is 2.52. The molecule has 8 heteroatoms.